The minimum absolute atomic E-state index is 0.0805. The molecule has 25 heavy (non-hydrogen) atoms. The SMILES string of the molecule is Cc1cc(C(=O)NC2CCCCC2)ccc1NC(=O)CNC(=O)CN. The largest absolute Gasteiger partial charge is 0.349 e. The van der Waals surface area contributed by atoms with Crippen LogP contribution < -0.4 is 21.7 Å². The summed E-state index contributed by atoms with van der Waals surface area (Å²) in [6.07, 6.45) is 5.64. The molecule has 0 bridgehead atoms. The molecule has 0 heterocycles. The fraction of sp³-hybridized carbons (Fsp3) is 0.500. The zero-order valence-corrected chi connectivity index (χ0v) is 14.6. The van der Waals surface area contributed by atoms with Gasteiger partial charge in [-0.3, -0.25) is 14.4 Å². The first-order valence-corrected chi connectivity index (χ1v) is 8.67. The molecule has 1 aromatic rings. The Labute approximate surface area is 147 Å². The maximum atomic E-state index is 12.4. The molecule has 0 radical (unpaired) electrons. The van der Waals surface area contributed by atoms with E-state index >= 15 is 0 Å². The third kappa shape index (κ3) is 5.86. The van der Waals surface area contributed by atoms with Crippen LogP contribution in [0.3, 0.4) is 0 Å². The van der Waals surface area contributed by atoms with Crippen LogP contribution in [0.5, 0.6) is 0 Å². The maximum absolute atomic E-state index is 12.4. The predicted octanol–water partition coefficient (Wildman–Crippen LogP) is 1.07. The minimum Gasteiger partial charge on any atom is -0.349 e. The minimum atomic E-state index is -0.387. The zero-order chi connectivity index (χ0) is 18.2. The zero-order valence-electron chi connectivity index (χ0n) is 14.6. The van der Waals surface area contributed by atoms with Gasteiger partial charge in [0.05, 0.1) is 13.1 Å². The number of nitrogens with one attached hydrogen (secondary N) is 3. The molecule has 1 fully saturated rings. The summed E-state index contributed by atoms with van der Waals surface area (Å²) >= 11 is 0. The maximum Gasteiger partial charge on any atom is 0.251 e. The molecule has 1 aliphatic carbocycles. The molecule has 2 rings (SSSR count). The topological polar surface area (TPSA) is 113 Å². The molecule has 5 N–H and O–H groups in total. The number of amides is 3. The van der Waals surface area contributed by atoms with Gasteiger partial charge in [0.2, 0.25) is 11.8 Å². The average molecular weight is 346 g/mol. The second-order valence-electron chi connectivity index (χ2n) is 6.37. The van der Waals surface area contributed by atoms with Gasteiger partial charge in [-0.05, 0) is 43.5 Å². The highest BCUT2D eigenvalue weighted by Crippen LogP contribution is 2.19. The van der Waals surface area contributed by atoms with Crippen LogP contribution in [0.15, 0.2) is 18.2 Å². The van der Waals surface area contributed by atoms with E-state index in [0.717, 1.165) is 31.2 Å². The van der Waals surface area contributed by atoms with E-state index in [1.54, 1.807) is 18.2 Å². The van der Waals surface area contributed by atoms with Crippen LogP contribution in [0.25, 0.3) is 0 Å². The van der Waals surface area contributed by atoms with Gasteiger partial charge >= 0.3 is 0 Å². The Balaban J connectivity index is 1.91. The molecule has 7 nitrogen and oxygen atoms in total. The molecular weight excluding hydrogens is 320 g/mol. The Hall–Kier alpha value is -2.41. The number of hydrogen-bond donors (Lipinski definition) is 4. The second kappa shape index (κ2) is 9.17. The summed E-state index contributed by atoms with van der Waals surface area (Å²) < 4.78 is 0. The first-order valence-electron chi connectivity index (χ1n) is 8.67. The van der Waals surface area contributed by atoms with Crippen LogP contribution >= 0.6 is 0 Å². The van der Waals surface area contributed by atoms with Gasteiger partial charge in [-0.15, -0.1) is 0 Å². The third-order valence-electron chi connectivity index (χ3n) is 4.33. The number of carbonyl (C=O) groups is 3. The van der Waals surface area contributed by atoms with Crippen molar-refractivity contribution in [3.8, 4) is 0 Å². The molecule has 7 heteroatoms. The van der Waals surface area contributed by atoms with Gasteiger partial charge in [-0.2, -0.15) is 0 Å². The van der Waals surface area contributed by atoms with Gasteiger partial charge < -0.3 is 21.7 Å². The number of benzene rings is 1. The van der Waals surface area contributed by atoms with Gasteiger partial charge in [0.15, 0.2) is 0 Å². The normalized spacial score (nSPS) is 14.6. The molecular formula is C18H26N4O3. The summed E-state index contributed by atoms with van der Waals surface area (Å²) in [4.78, 5) is 35.2. The van der Waals surface area contributed by atoms with Crippen LogP contribution in [0.1, 0.15) is 48.0 Å². The van der Waals surface area contributed by atoms with E-state index in [9.17, 15) is 14.4 Å². The lowest BCUT2D eigenvalue weighted by molar-refractivity contribution is -0.123. The highest BCUT2D eigenvalue weighted by molar-refractivity contribution is 5.98. The Bertz CT molecular complexity index is 639. The summed E-state index contributed by atoms with van der Waals surface area (Å²) in [7, 11) is 0. The van der Waals surface area contributed by atoms with Crippen LogP contribution in [-0.2, 0) is 9.59 Å². The van der Waals surface area contributed by atoms with Crippen molar-refractivity contribution in [3.63, 3.8) is 0 Å². The van der Waals surface area contributed by atoms with E-state index in [4.69, 9.17) is 5.73 Å². The third-order valence-corrected chi connectivity index (χ3v) is 4.33. The van der Waals surface area contributed by atoms with Crippen molar-refractivity contribution < 1.29 is 14.4 Å². The Morgan fingerprint density at radius 3 is 2.48 bits per heavy atom. The van der Waals surface area contributed by atoms with Gasteiger partial charge in [-0.25, -0.2) is 0 Å². The molecule has 1 aromatic carbocycles. The Kier molecular flexibility index (Phi) is 6.94. The molecule has 1 saturated carbocycles. The lowest BCUT2D eigenvalue weighted by Gasteiger charge is -2.23. The van der Waals surface area contributed by atoms with Crippen LogP contribution in [0.2, 0.25) is 0 Å². The van der Waals surface area contributed by atoms with E-state index in [0.29, 0.717) is 11.3 Å². The number of anilines is 1. The quantitative estimate of drug-likeness (QED) is 0.617. The fourth-order valence-corrected chi connectivity index (χ4v) is 2.91. The fourth-order valence-electron chi connectivity index (χ4n) is 2.91. The predicted molar refractivity (Wildman–Crippen MR) is 96.2 cm³/mol. The van der Waals surface area contributed by atoms with Crippen LogP contribution in [0, 0.1) is 6.92 Å². The number of rotatable bonds is 6. The molecule has 0 unspecified atom stereocenters. The van der Waals surface area contributed by atoms with Gasteiger partial charge in [0, 0.05) is 17.3 Å². The molecule has 0 saturated heterocycles. The molecule has 0 atom stereocenters. The summed E-state index contributed by atoms with van der Waals surface area (Å²) in [6.45, 7) is 1.53. The Morgan fingerprint density at radius 2 is 1.84 bits per heavy atom. The molecule has 0 spiro atoms. The first-order chi connectivity index (χ1) is 12.0. The van der Waals surface area contributed by atoms with E-state index in [-0.39, 0.29) is 36.9 Å². The number of aryl methyl sites for hydroxylation is 1. The summed E-state index contributed by atoms with van der Waals surface area (Å²) in [6, 6.07) is 5.41. The van der Waals surface area contributed by atoms with Crippen molar-refractivity contribution in [2.45, 2.75) is 45.1 Å². The molecule has 0 aliphatic heterocycles. The number of nitrogens with two attached hydrogens (primary N) is 1. The first kappa shape index (κ1) is 18.9. The standard InChI is InChI=1S/C18H26N4O3/c1-12-9-13(18(25)21-14-5-3-2-4-6-14)7-8-15(12)22-17(24)11-20-16(23)10-19/h7-9,14H,2-6,10-11,19H2,1H3,(H,20,23)(H,21,25)(H,22,24). The van der Waals surface area contributed by atoms with Gasteiger partial charge in [0.1, 0.15) is 0 Å². The van der Waals surface area contributed by atoms with E-state index < -0.39 is 0 Å². The lowest BCUT2D eigenvalue weighted by atomic mass is 9.95. The van der Waals surface area contributed by atoms with Crippen LogP contribution in [-0.4, -0.2) is 36.9 Å². The van der Waals surface area contributed by atoms with Crippen molar-refractivity contribution in [3.05, 3.63) is 29.3 Å². The van der Waals surface area contributed by atoms with Crippen LogP contribution in [0.4, 0.5) is 5.69 Å². The molecule has 3 amide bonds. The van der Waals surface area contributed by atoms with E-state index in [1.165, 1.54) is 6.42 Å². The van der Waals surface area contributed by atoms with Crippen molar-refractivity contribution in [1.82, 2.24) is 10.6 Å². The number of hydrogen-bond acceptors (Lipinski definition) is 4. The highest BCUT2D eigenvalue weighted by Gasteiger charge is 2.17. The molecule has 136 valence electrons. The van der Waals surface area contributed by atoms with Gasteiger partial charge in [-0.1, -0.05) is 19.3 Å². The van der Waals surface area contributed by atoms with Crippen molar-refractivity contribution in [2.24, 2.45) is 5.73 Å². The second-order valence-corrected chi connectivity index (χ2v) is 6.37. The van der Waals surface area contributed by atoms with Crippen molar-refractivity contribution >= 4 is 23.4 Å². The van der Waals surface area contributed by atoms with Crippen molar-refractivity contribution in [1.29, 1.82) is 0 Å². The smallest absolute Gasteiger partial charge is 0.251 e. The number of carbonyl (C=O) groups excluding carboxylic acids is 3. The summed E-state index contributed by atoms with van der Waals surface area (Å²) in [5.74, 6) is -0.811. The highest BCUT2D eigenvalue weighted by atomic mass is 16.2. The lowest BCUT2D eigenvalue weighted by Crippen LogP contribution is -2.37. The van der Waals surface area contributed by atoms with E-state index in [2.05, 4.69) is 16.0 Å². The van der Waals surface area contributed by atoms with E-state index in [1.807, 2.05) is 6.92 Å². The summed E-state index contributed by atoms with van der Waals surface area (Å²) in [5, 5.41) is 8.19. The monoisotopic (exact) mass is 346 g/mol. The Morgan fingerprint density at radius 1 is 1.12 bits per heavy atom. The van der Waals surface area contributed by atoms with Crippen molar-refractivity contribution in [2.75, 3.05) is 18.4 Å². The summed E-state index contributed by atoms with van der Waals surface area (Å²) in [5.41, 5.74) is 7.15. The average Bonchev–Trinajstić information content (AvgIpc) is 2.62. The molecule has 0 aromatic heterocycles. The molecule has 1 aliphatic rings. The van der Waals surface area contributed by atoms with Gasteiger partial charge in [0.25, 0.3) is 5.91 Å².